The maximum absolute atomic E-state index is 5.38. The van der Waals surface area contributed by atoms with Crippen LogP contribution in [0.3, 0.4) is 0 Å². The van der Waals surface area contributed by atoms with Crippen LogP contribution in [-0.4, -0.2) is 22.6 Å². The van der Waals surface area contributed by atoms with E-state index in [0.717, 1.165) is 18.2 Å². The third-order valence-electron chi connectivity index (χ3n) is 2.48. The first-order valence-corrected chi connectivity index (χ1v) is 6.67. The molecule has 0 aliphatic heterocycles. The summed E-state index contributed by atoms with van der Waals surface area (Å²) in [6.07, 6.45) is 2.58. The molecule has 0 amide bonds. The molecule has 0 unspecified atom stereocenters. The fraction of sp³-hybridized carbons (Fsp3) is 0.545. The second kappa shape index (κ2) is 4.94. The first kappa shape index (κ1) is 10.9. The SMILES string of the molecule is CCNC(=S)N(Cc1cccs1)C1CC1. The average Bonchev–Trinajstić information content (AvgIpc) is 2.93. The summed E-state index contributed by atoms with van der Waals surface area (Å²) in [5.41, 5.74) is 0. The van der Waals surface area contributed by atoms with E-state index < -0.39 is 0 Å². The summed E-state index contributed by atoms with van der Waals surface area (Å²) >= 11 is 7.19. The van der Waals surface area contributed by atoms with Crippen LogP contribution in [0.25, 0.3) is 0 Å². The zero-order valence-corrected chi connectivity index (χ0v) is 10.5. The molecule has 1 aliphatic carbocycles. The molecule has 4 heteroatoms. The molecule has 0 radical (unpaired) electrons. The van der Waals surface area contributed by atoms with Gasteiger partial charge in [-0.3, -0.25) is 0 Å². The van der Waals surface area contributed by atoms with Gasteiger partial charge in [0, 0.05) is 17.5 Å². The van der Waals surface area contributed by atoms with Crippen LogP contribution in [0.15, 0.2) is 17.5 Å². The maximum Gasteiger partial charge on any atom is 0.169 e. The van der Waals surface area contributed by atoms with Crippen molar-refractivity contribution in [1.29, 1.82) is 0 Å². The smallest absolute Gasteiger partial charge is 0.169 e. The molecule has 0 spiro atoms. The van der Waals surface area contributed by atoms with E-state index in [4.69, 9.17) is 12.2 Å². The number of nitrogens with one attached hydrogen (secondary N) is 1. The molecule has 15 heavy (non-hydrogen) atoms. The van der Waals surface area contributed by atoms with Crippen molar-refractivity contribution in [1.82, 2.24) is 10.2 Å². The van der Waals surface area contributed by atoms with Gasteiger partial charge in [-0.2, -0.15) is 0 Å². The van der Waals surface area contributed by atoms with Gasteiger partial charge in [-0.05, 0) is 43.4 Å². The molecule has 1 saturated carbocycles. The van der Waals surface area contributed by atoms with E-state index in [-0.39, 0.29) is 0 Å². The first-order valence-electron chi connectivity index (χ1n) is 5.38. The molecule has 0 atom stereocenters. The Balaban J connectivity index is 1.97. The molecule has 0 bridgehead atoms. The molecule has 1 aromatic heterocycles. The Morgan fingerprint density at radius 2 is 2.47 bits per heavy atom. The fourth-order valence-electron chi connectivity index (χ4n) is 1.58. The summed E-state index contributed by atoms with van der Waals surface area (Å²) in [5.74, 6) is 0. The molecule has 1 fully saturated rings. The van der Waals surface area contributed by atoms with Crippen molar-refractivity contribution in [3.63, 3.8) is 0 Å². The predicted octanol–water partition coefficient (Wildman–Crippen LogP) is 2.61. The Hall–Kier alpha value is -0.610. The standard InChI is InChI=1S/C11H16N2S2/c1-2-12-11(14)13(9-5-6-9)8-10-4-3-7-15-10/h3-4,7,9H,2,5-6,8H2,1H3,(H,12,14). The Labute approximate surface area is 100 Å². The Kier molecular flexibility index (Phi) is 3.59. The van der Waals surface area contributed by atoms with E-state index in [2.05, 4.69) is 34.7 Å². The Morgan fingerprint density at radius 1 is 1.67 bits per heavy atom. The lowest BCUT2D eigenvalue weighted by molar-refractivity contribution is 0.400. The number of thiophene rings is 1. The highest BCUT2D eigenvalue weighted by Gasteiger charge is 2.30. The lowest BCUT2D eigenvalue weighted by Crippen LogP contribution is -2.40. The van der Waals surface area contributed by atoms with Crippen LogP contribution in [0.4, 0.5) is 0 Å². The van der Waals surface area contributed by atoms with E-state index >= 15 is 0 Å². The summed E-state index contributed by atoms with van der Waals surface area (Å²) in [6, 6.07) is 4.95. The molecular weight excluding hydrogens is 224 g/mol. The number of hydrogen-bond acceptors (Lipinski definition) is 2. The molecule has 2 rings (SSSR count). The van der Waals surface area contributed by atoms with Gasteiger partial charge < -0.3 is 10.2 Å². The van der Waals surface area contributed by atoms with Crippen LogP contribution in [0, 0.1) is 0 Å². The van der Waals surface area contributed by atoms with Gasteiger partial charge in [0.05, 0.1) is 6.54 Å². The first-order chi connectivity index (χ1) is 7.31. The van der Waals surface area contributed by atoms with Gasteiger partial charge in [0.25, 0.3) is 0 Å². The average molecular weight is 240 g/mol. The van der Waals surface area contributed by atoms with Gasteiger partial charge in [0.1, 0.15) is 0 Å². The van der Waals surface area contributed by atoms with Crippen molar-refractivity contribution in [2.75, 3.05) is 6.54 Å². The zero-order chi connectivity index (χ0) is 10.7. The van der Waals surface area contributed by atoms with Crippen molar-refractivity contribution in [3.05, 3.63) is 22.4 Å². The quantitative estimate of drug-likeness (QED) is 0.815. The second-order valence-electron chi connectivity index (χ2n) is 3.77. The summed E-state index contributed by atoms with van der Waals surface area (Å²) in [7, 11) is 0. The van der Waals surface area contributed by atoms with Gasteiger partial charge in [0.2, 0.25) is 0 Å². The third-order valence-corrected chi connectivity index (χ3v) is 3.72. The number of thiocarbonyl (C=S) groups is 1. The summed E-state index contributed by atoms with van der Waals surface area (Å²) in [4.78, 5) is 3.71. The van der Waals surface area contributed by atoms with E-state index in [1.54, 1.807) is 11.3 Å². The van der Waals surface area contributed by atoms with Crippen molar-refractivity contribution in [2.45, 2.75) is 32.4 Å². The zero-order valence-electron chi connectivity index (χ0n) is 8.90. The van der Waals surface area contributed by atoms with Crippen LogP contribution in [0.2, 0.25) is 0 Å². The minimum absolute atomic E-state index is 0.679. The fourth-order valence-corrected chi connectivity index (χ4v) is 2.64. The number of hydrogen-bond donors (Lipinski definition) is 1. The van der Waals surface area contributed by atoms with Gasteiger partial charge >= 0.3 is 0 Å². The minimum Gasteiger partial charge on any atom is -0.363 e. The van der Waals surface area contributed by atoms with Crippen LogP contribution >= 0.6 is 23.6 Å². The van der Waals surface area contributed by atoms with Crippen LogP contribution in [-0.2, 0) is 6.54 Å². The summed E-state index contributed by atoms with van der Waals surface area (Å²) in [6.45, 7) is 3.96. The minimum atomic E-state index is 0.679. The molecule has 1 aromatic rings. The van der Waals surface area contributed by atoms with Crippen LogP contribution in [0.5, 0.6) is 0 Å². The third kappa shape index (κ3) is 2.92. The van der Waals surface area contributed by atoms with E-state index in [9.17, 15) is 0 Å². The molecule has 0 aromatic carbocycles. The van der Waals surface area contributed by atoms with Crippen molar-refractivity contribution < 1.29 is 0 Å². The van der Waals surface area contributed by atoms with E-state index in [0.29, 0.717) is 6.04 Å². The molecule has 1 N–H and O–H groups in total. The summed E-state index contributed by atoms with van der Waals surface area (Å²) < 4.78 is 0. The lowest BCUT2D eigenvalue weighted by Gasteiger charge is -2.24. The monoisotopic (exact) mass is 240 g/mol. The Bertz CT molecular complexity index is 317. The van der Waals surface area contributed by atoms with Crippen molar-refractivity contribution >= 4 is 28.7 Å². The van der Waals surface area contributed by atoms with Crippen LogP contribution in [0.1, 0.15) is 24.6 Å². The molecule has 0 saturated heterocycles. The van der Waals surface area contributed by atoms with Gasteiger partial charge in [-0.25, -0.2) is 0 Å². The van der Waals surface area contributed by atoms with Gasteiger partial charge in [0.15, 0.2) is 5.11 Å². The van der Waals surface area contributed by atoms with E-state index in [1.807, 2.05) is 0 Å². The molecular formula is C11H16N2S2. The lowest BCUT2D eigenvalue weighted by atomic mass is 10.4. The van der Waals surface area contributed by atoms with Gasteiger partial charge in [-0.15, -0.1) is 11.3 Å². The molecule has 1 heterocycles. The topological polar surface area (TPSA) is 15.3 Å². The molecule has 1 aliphatic rings. The highest BCUT2D eigenvalue weighted by Crippen LogP contribution is 2.29. The predicted molar refractivity (Wildman–Crippen MR) is 69.2 cm³/mol. The largest absolute Gasteiger partial charge is 0.363 e. The highest BCUT2D eigenvalue weighted by molar-refractivity contribution is 7.80. The number of rotatable bonds is 4. The normalized spacial score (nSPS) is 15.0. The number of nitrogens with zero attached hydrogens (tertiary/aromatic N) is 1. The van der Waals surface area contributed by atoms with Crippen molar-refractivity contribution in [3.8, 4) is 0 Å². The Morgan fingerprint density at radius 3 is 3.00 bits per heavy atom. The maximum atomic E-state index is 5.38. The molecule has 2 nitrogen and oxygen atoms in total. The van der Waals surface area contributed by atoms with Crippen molar-refractivity contribution in [2.24, 2.45) is 0 Å². The summed E-state index contributed by atoms with van der Waals surface area (Å²) in [5, 5.41) is 6.27. The highest BCUT2D eigenvalue weighted by atomic mass is 32.1. The van der Waals surface area contributed by atoms with Gasteiger partial charge in [-0.1, -0.05) is 6.07 Å². The van der Waals surface area contributed by atoms with E-state index in [1.165, 1.54) is 17.7 Å². The molecule has 82 valence electrons. The van der Waals surface area contributed by atoms with Crippen LogP contribution < -0.4 is 5.32 Å². The second-order valence-corrected chi connectivity index (χ2v) is 5.19.